The zero-order valence-electron chi connectivity index (χ0n) is 11.7. The van der Waals surface area contributed by atoms with Crippen molar-refractivity contribution in [2.75, 3.05) is 0 Å². The van der Waals surface area contributed by atoms with Crippen LogP contribution in [0.1, 0.15) is 37.8 Å². The van der Waals surface area contributed by atoms with E-state index in [9.17, 15) is 9.18 Å². The van der Waals surface area contributed by atoms with Crippen LogP contribution in [0.3, 0.4) is 0 Å². The number of carbonyl (C=O) groups is 1. The largest absolute Gasteiger partial charge is 0.349 e. The van der Waals surface area contributed by atoms with E-state index in [0.717, 1.165) is 24.8 Å². The van der Waals surface area contributed by atoms with Crippen molar-refractivity contribution in [1.29, 1.82) is 0 Å². The molecule has 1 aromatic carbocycles. The number of fused-ring (bicyclic) bond motifs is 2. The van der Waals surface area contributed by atoms with Crippen molar-refractivity contribution in [2.45, 2.75) is 38.3 Å². The molecule has 2 saturated carbocycles. The average Bonchev–Trinajstić information content (AvgIpc) is 2.99. The Kier molecular flexibility index (Phi) is 3.50. The molecule has 0 spiro atoms. The molecule has 2 aliphatic rings. The van der Waals surface area contributed by atoms with Crippen molar-refractivity contribution in [2.24, 2.45) is 23.5 Å². The number of amides is 1. The molecule has 3 nitrogen and oxygen atoms in total. The highest BCUT2D eigenvalue weighted by Gasteiger charge is 2.49. The van der Waals surface area contributed by atoms with Crippen LogP contribution in [0.15, 0.2) is 24.3 Å². The van der Waals surface area contributed by atoms with Crippen LogP contribution < -0.4 is 11.1 Å². The Morgan fingerprint density at radius 3 is 2.80 bits per heavy atom. The molecule has 3 rings (SSSR count). The molecule has 5 atom stereocenters. The van der Waals surface area contributed by atoms with Crippen molar-refractivity contribution >= 4 is 5.91 Å². The van der Waals surface area contributed by atoms with Crippen LogP contribution in [-0.2, 0) is 4.79 Å². The molecule has 5 unspecified atom stereocenters. The maximum Gasteiger partial charge on any atom is 0.225 e. The minimum Gasteiger partial charge on any atom is -0.349 e. The predicted octanol–water partition coefficient (Wildman–Crippen LogP) is 2.38. The first kappa shape index (κ1) is 13.6. The highest BCUT2D eigenvalue weighted by atomic mass is 19.1. The van der Waals surface area contributed by atoms with Gasteiger partial charge in [0.1, 0.15) is 5.82 Å². The molecule has 108 valence electrons. The summed E-state index contributed by atoms with van der Waals surface area (Å²) < 4.78 is 13.2. The van der Waals surface area contributed by atoms with Gasteiger partial charge < -0.3 is 11.1 Å². The second kappa shape index (κ2) is 5.17. The summed E-state index contributed by atoms with van der Waals surface area (Å²) in [6.07, 6.45) is 3.37. The number of hydrogen-bond donors (Lipinski definition) is 2. The molecule has 1 amide bonds. The van der Waals surface area contributed by atoms with E-state index in [1.807, 2.05) is 13.0 Å². The first-order valence-electron chi connectivity index (χ1n) is 7.37. The van der Waals surface area contributed by atoms with E-state index in [0.29, 0.717) is 11.8 Å². The minimum absolute atomic E-state index is 0.00606. The fourth-order valence-electron chi connectivity index (χ4n) is 3.89. The zero-order chi connectivity index (χ0) is 14.3. The molecule has 4 heteroatoms. The van der Waals surface area contributed by atoms with E-state index in [4.69, 9.17) is 5.73 Å². The third-order valence-electron chi connectivity index (χ3n) is 4.99. The molecule has 2 bridgehead atoms. The summed E-state index contributed by atoms with van der Waals surface area (Å²) in [7, 11) is 0. The third-order valence-corrected chi connectivity index (χ3v) is 4.99. The van der Waals surface area contributed by atoms with Crippen LogP contribution >= 0.6 is 0 Å². The van der Waals surface area contributed by atoms with E-state index in [1.165, 1.54) is 12.1 Å². The van der Waals surface area contributed by atoms with Crippen molar-refractivity contribution in [1.82, 2.24) is 5.32 Å². The van der Waals surface area contributed by atoms with Crippen molar-refractivity contribution in [3.63, 3.8) is 0 Å². The molecular formula is C16H21FN2O. The molecule has 3 N–H and O–H groups in total. The first-order chi connectivity index (χ1) is 9.56. The number of benzene rings is 1. The van der Waals surface area contributed by atoms with Crippen LogP contribution in [0, 0.1) is 23.6 Å². The van der Waals surface area contributed by atoms with Crippen LogP contribution in [0.4, 0.5) is 4.39 Å². The lowest BCUT2D eigenvalue weighted by Crippen LogP contribution is -2.45. The molecule has 1 aromatic rings. The molecule has 0 saturated heterocycles. The van der Waals surface area contributed by atoms with Gasteiger partial charge in [-0.3, -0.25) is 4.79 Å². The smallest absolute Gasteiger partial charge is 0.225 e. The maximum absolute atomic E-state index is 13.2. The van der Waals surface area contributed by atoms with Gasteiger partial charge in [0.2, 0.25) is 5.91 Å². The fourth-order valence-corrected chi connectivity index (χ4v) is 3.89. The zero-order valence-corrected chi connectivity index (χ0v) is 11.7. The lowest BCUT2D eigenvalue weighted by Gasteiger charge is -2.28. The van der Waals surface area contributed by atoms with E-state index in [-0.39, 0.29) is 29.7 Å². The summed E-state index contributed by atoms with van der Waals surface area (Å²) in [4.78, 5) is 12.4. The highest BCUT2D eigenvalue weighted by molar-refractivity contribution is 5.80. The summed E-state index contributed by atoms with van der Waals surface area (Å²) in [5.74, 6) is 0.640. The number of hydrogen-bond acceptors (Lipinski definition) is 2. The Morgan fingerprint density at radius 1 is 1.40 bits per heavy atom. The summed E-state index contributed by atoms with van der Waals surface area (Å²) in [6.45, 7) is 1.88. The van der Waals surface area contributed by atoms with Gasteiger partial charge in [-0.2, -0.15) is 0 Å². The fraction of sp³-hybridized carbons (Fsp3) is 0.562. The van der Waals surface area contributed by atoms with Crippen LogP contribution in [0.2, 0.25) is 0 Å². The molecular weight excluding hydrogens is 255 g/mol. The molecule has 0 aliphatic heterocycles. The summed E-state index contributed by atoms with van der Waals surface area (Å²) in [5, 5.41) is 3.00. The normalized spacial score (nSPS) is 33.1. The van der Waals surface area contributed by atoms with Gasteiger partial charge in [-0.1, -0.05) is 12.1 Å². The van der Waals surface area contributed by atoms with Crippen molar-refractivity contribution in [3.05, 3.63) is 35.6 Å². The molecule has 20 heavy (non-hydrogen) atoms. The van der Waals surface area contributed by atoms with Gasteiger partial charge in [-0.25, -0.2) is 4.39 Å². The van der Waals surface area contributed by atoms with Crippen molar-refractivity contribution < 1.29 is 9.18 Å². The summed E-state index contributed by atoms with van der Waals surface area (Å²) >= 11 is 0. The van der Waals surface area contributed by atoms with E-state index < -0.39 is 0 Å². The number of halogens is 1. The average molecular weight is 276 g/mol. The quantitative estimate of drug-likeness (QED) is 0.890. The highest BCUT2D eigenvalue weighted by Crippen LogP contribution is 2.47. The minimum atomic E-state index is -0.278. The number of nitrogens with two attached hydrogens (primary N) is 1. The monoisotopic (exact) mass is 276 g/mol. The van der Waals surface area contributed by atoms with Gasteiger partial charge in [0, 0.05) is 6.04 Å². The Balaban J connectivity index is 1.67. The Bertz CT molecular complexity index is 517. The van der Waals surface area contributed by atoms with Crippen molar-refractivity contribution in [3.8, 4) is 0 Å². The molecule has 0 radical (unpaired) electrons. The van der Waals surface area contributed by atoms with Gasteiger partial charge in [-0.15, -0.1) is 0 Å². The van der Waals surface area contributed by atoms with Crippen LogP contribution in [-0.4, -0.2) is 11.9 Å². The van der Waals surface area contributed by atoms with E-state index in [2.05, 4.69) is 5.32 Å². The Morgan fingerprint density at radius 2 is 2.15 bits per heavy atom. The molecule has 2 aliphatic carbocycles. The lowest BCUT2D eigenvalue weighted by molar-refractivity contribution is -0.127. The van der Waals surface area contributed by atoms with E-state index in [1.54, 1.807) is 6.07 Å². The van der Waals surface area contributed by atoms with Gasteiger partial charge in [0.25, 0.3) is 0 Å². The molecule has 2 fully saturated rings. The Hall–Kier alpha value is -1.42. The SMILES string of the molecule is CC(NC(=O)C1C2CCC(C2)C1N)c1cccc(F)c1. The topological polar surface area (TPSA) is 55.1 Å². The van der Waals surface area contributed by atoms with Gasteiger partial charge in [-0.05, 0) is 55.7 Å². The third kappa shape index (κ3) is 2.33. The van der Waals surface area contributed by atoms with Crippen LogP contribution in [0.25, 0.3) is 0 Å². The molecule has 0 aromatic heterocycles. The summed E-state index contributed by atoms with van der Waals surface area (Å²) in [6, 6.07) is 6.17. The van der Waals surface area contributed by atoms with Gasteiger partial charge in [0.15, 0.2) is 0 Å². The predicted molar refractivity (Wildman–Crippen MR) is 75.3 cm³/mol. The maximum atomic E-state index is 13.2. The lowest BCUT2D eigenvalue weighted by atomic mass is 9.84. The number of rotatable bonds is 3. The standard InChI is InChI=1S/C16H21FN2O/c1-9(10-3-2-4-13(17)8-10)19-16(20)14-11-5-6-12(7-11)15(14)18/h2-4,8-9,11-12,14-15H,5-7,18H2,1H3,(H,19,20). The van der Waals surface area contributed by atoms with Gasteiger partial charge in [0.05, 0.1) is 12.0 Å². The second-order valence-corrected chi connectivity index (χ2v) is 6.22. The first-order valence-corrected chi connectivity index (χ1v) is 7.37. The number of carbonyl (C=O) groups excluding carboxylic acids is 1. The Labute approximate surface area is 118 Å². The molecule has 0 heterocycles. The van der Waals surface area contributed by atoms with Crippen LogP contribution in [0.5, 0.6) is 0 Å². The van der Waals surface area contributed by atoms with E-state index >= 15 is 0 Å². The second-order valence-electron chi connectivity index (χ2n) is 6.22. The van der Waals surface area contributed by atoms with Gasteiger partial charge >= 0.3 is 0 Å². The summed E-state index contributed by atoms with van der Waals surface area (Å²) in [5.41, 5.74) is 6.97. The number of nitrogens with one attached hydrogen (secondary N) is 1.